The van der Waals surface area contributed by atoms with Crippen molar-refractivity contribution in [1.29, 1.82) is 0 Å². The highest BCUT2D eigenvalue weighted by Gasteiger charge is 2.13. The lowest BCUT2D eigenvalue weighted by Gasteiger charge is -2.08. The topological polar surface area (TPSA) is 83.6 Å². The average molecular weight is 359 g/mol. The van der Waals surface area contributed by atoms with Gasteiger partial charge in [-0.1, -0.05) is 41.3 Å². The molecular formula is C16H17N5OS2. The van der Waals surface area contributed by atoms with Crippen LogP contribution in [0.3, 0.4) is 0 Å². The largest absolute Gasteiger partial charge is 0.352 e. The van der Waals surface area contributed by atoms with Gasteiger partial charge >= 0.3 is 0 Å². The lowest BCUT2D eigenvalue weighted by atomic mass is 10.1. The van der Waals surface area contributed by atoms with Crippen LogP contribution in [0.2, 0.25) is 0 Å². The summed E-state index contributed by atoms with van der Waals surface area (Å²) in [5, 5.41) is 12.0. The number of carbonyl (C=O) groups is 1. The predicted octanol–water partition coefficient (Wildman–Crippen LogP) is 3.15. The summed E-state index contributed by atoms with van der Waals surface area (Å²) in [4.78, 5) is 19.7. The monoisotopic (exact) mass is 359 g/mol. The predicted molar refractivity (Wildman–Crippen MR) is 96.3 cm³/mol. The van der Waals surface area contributed by atoms with Crippen molar-refractivity contribution in [3.63, 3.8) is 0 Å². The Morgan fingerprint density at radius 3 is 2.96 bits per heavy atom. The molecule has 0 bridgehead atoms. The van der Waals surface area contributed by atoms with E-state index in [4.69, 9.17) is 0 Å². The number of thioether (sulfide) groups is 1. The normalized spacial score (nSPS) is 10.7. The molecule has 2 N–H and O–H groups in total. The van der Waals surface area contributed by atoms with Gasteiger partial charge in [-0.15, -0.1) is 10.2 Å². The van der Waals surface area contributed by atoms with Crippen LogP contribution in [0.5, 0.6) is 0 Å². The van der Waals surface area contributed by atoms with Crippen molar-refractivity contribution < 1.29 is 4.79 Å². The van der Waals surface area contributed by atoms with E-state index in [-0.39, 0.29) is 5.91 Å². The van der Waals surface area contributed by atoms with Gasteiger partial charge < -0.3 is 10.3 Å². The van der Waals surface area contributed by atoms with Crippen LogP contribution in [-0.2, 0) is 0 Å². The van der Waals surface area contributed by atoms with E-state index in [1.54, 1.807) is 35.5 Å². The molecule has 0 aliphatic rings. The molecule has 2 aromatic heterocycles. The molecule has 0 atom stereocenters. The highest BCUT2D eigenvalue weighted by Crippen LogP contribution is 2.22. The fraction of sp³-hybridized carbons (Fsp3) is 0.250. The summed E-state index contributed by atoms with van der Waals surface area (Å²) in [6.07, 6.45) is 4.30. The molecule has 0 saturated heterocycles. The van der Waals surface area contributed by atoms with Gasteiger partial charge in [-0.05, 0) is 19.4 Å². The molecule has 8 heteroatoms. The maximum atomic E-state index is 12.4. The van der Waals surface area contributed by atoms with Crippen molar-refractivity contribution in [3.8, 4) is 11.4 Å². The van der Waals surface area contributed by atoms with Crippen LogP contribution in [0.25, 0.3) is 11.4 Å². The van der Waals surface area contributed by atoms with Crippen LogP contribution < -0.4 is 5.32 Å². The number of aromatic nitrogens is 4. The first-order valence-electron chi connectivity index (χ1n) is 7.54. The highest BCUT2D eigenvalue weighted by atomic mass is 32.2. The standard InChI is InChI=1S/C16H17N5OS2/c1-11-20-21-16(24-11)23-10-4-7-19-15(22)13-6-3-2-5-12(13)14-17-8-9-18-14/h2-3,5-6,8-9H,4,7,10H2,1H3,(H,17,18)(H,19,22). The summed E-state index contributed by atoms with van der Waals surface area (Å²) < 4.78 is 0.974. The zero-order valence-corrected chi connectivity index (χ0v) is 14.8. The Balaban J connectivity index is 1.51. The third-order valence-electron chi connectivity index (χ3n) is 3.26. The van der Waals surface area contributed by atoms with E-state index in [0.717, 1.165) is 27.1 Å². The first kappa shape index (κ1) is 16.7. The van der Waals surface area contributed by atoms with Crippen LogP contribution in [0.15, 0.2) is 41.0 Å². The Bertz CT molecular complexity index is 800. The Kier molecular flexibility index (Phi) is 5.60. The molecule has 0 fully saturated rings. The number of rotatable bonds is 7. The number of hydrogen-bond acceptors (Lipinski definition) is 6. The van der Waals surface area contributed by atoms with E-state index in [0.29, 0.717) is 17.9 Å². The number of hydrogen-bond donors (Lipinski definition) is 2. The molecule has 0 unspecified atom stereocenters. The fourth-order valence-corrected chi connectivity index (χ4v) is 3.99. The summed E-state index contributed by atoms with van der Waals surface area (Å²) in [5.41, 5.74) is 1.43. The Hall–Kier alpha value is -2.19. The van der Waals surface area contributed by atoms with E-state index < -0.39 is 0 Å². The molecule has 0 aliphatic heterocycles. The molecule has 3 aromatic rings. The van der Waals surface area contributed by atoms with Gasteiger partial charge in [-0.2, -0.15) is 0 Å². The SMILES string of the molecule is Cc1nnc(SCCCNC(=O)c2ccccc2-c2ncc[nH]2)s1. The number of amides is 1. The van der Waals surface area contributed by atoms with Crippen LogP contribution in [0.4, 0.5) is 0 Å². The molecule has 0 saturated carbocycles. The third-order valence-corrected chi connectivity index (χ3v) is 5.32. The summed E-state index contributed by atoms with van der Waals surface area (Å²) >= 11 is 3.26. The zero-order valence-electron chi connectivity index (χ0n) is 13.2. The van der Waals surface area contributed by atoms with Gasteiger partial charge in [0.15, 0.2) is 4.34 Å². The minimum Gasteiger partial charge on any atom is -0.352 e. The van der Waals surface area contributed by atoms with E-state index in [2.05, 4.69) is 25.5 Å². The van der Waals surface area contributed by atoms with Gasteiger partial charge in [-0.3, -0.25) is 4.79 Å². The van der Waals surface area contributed by atoms with Crippen LogP contribution in [0.1, 0.15) is 21.8 Å². The molecule has 1 aromatic carbocycles. The molecule has 24 heavy (non-hydrogen) atoms. The summed E-state index contributed by atoms with van der Waals surface area (Å²) in [7, 11) is 0. The van der Waals surface area contributed by atoms with E-state index in [9.17, 15) is 4.79 Å². The fourth-order valence-electron chi connectivity index (χ4n) is 2.17. The van der Waals surface area contributed by atoms with Crippen molar-refractivity contribution in [2.75, 3.05) is 12.3 Å². The molecule has 124 valence electrons. The van der Waals surface area contributed by atoms with Crippen LogP contribution in [0, 0.1) is 6.92 Å². The molecule has 1 amide bonds. The second-order valence-electron chi connectivity index (χ2n) is 5.03. The molecule has 3 rings (SSSR count). The first-order valence-corrected chi connectivity index (χ1v) is 9.34. The van der Waals surface area contributed by atoms with E-state index >= 15 is 0 Å². The highest BCUT2D eigenvalue weighted by molar-refractivity contribution is 8.01. The van der Waals surface area contributed by atoms with Crippen molar-refractivity contribution in [1.82, 2.24) is 25.5 Å². The van der Waals surface area contributed by atoms with Gasteiger partial charge in [0.25, 0.3) is 5.91 Å². The maximum absolute atomic E-state index is 12.4. The van der Waals surface area contributed by atoms with Gasteiger partial charge in [-0.25, -0.2) is 4.98 Å². The summed E-state index contributed by atoms with van der Waals surface area (Å²) in [5.74, 6) is 1.51. The smallest absolute Gasteiger partial charge is 0.252 e. The number of H-pyrrole nitrogens is 1. The summed E-state index contributed by atoms with van der Waals surface area (Å²) in [6.45, 7) is 2.56. The second-order valence-corrected chi connectivity index (χ2v) is 7.55. The molecule has 6 nitrogen and oxygen atoms in total. The number of nitrogens with zero attached hydrogens (tertiary/aromatic N) is 3. The first-order chi connectivity index (χ1) is 11.7. The van der Waals surface area contributed by atoms with E-state index in [1.807, 2.05) is 31.2 Å². The molecule has 2 heterocycles. The third kappa shape index (κ3) is 4.21. The van der Waals surface area contributed by atoms with Crippen molar-refractivity contribution >= 4 is 29.0 Å². The number of carbonyl (C=O) groups excluding carboxylic acids is 1. The molecule has 0 aliphatic carbocycles. The lowest BCUT2D eigenvalue weighted by Crippen LogP contribution is -2.25. The van der Waals surface area contributed by atoms with Crippen molar-refractivity contribution in [2.45, 2.75) is 17.7 Å². The molecule has 0 radical (unpaired) electrons. The Morgan fingerprint density at radius 2 is 2.21 bits per heavy atom. The quantitative estimate of drug-likeness (QED) is 0.500. The van der Waals surface area contributed by atoms with Gasteiger partial charge in [0.2, 0.25) is 0 Å². The Morgan fingerprint density at radius 1 is 1.33 bits per heavy atom. The van der Waals surface area contributed by atoms with Crippen LogP contribution >= 0.6 is 23.1 Å². The number of nitrogens with one attached hydrogen (secondary N) is 2. The van der Waals surface area contributed by atoms with Crippen molar-refractivity contribution in [3.05, 3.63) is 47.2 Å². The van der Waals surface area contributed by atoms with Gasteiger partial charge in [0, 0.05) is 30.3 Å². The van der Waals surface area contributed by atoms with Gasteiger partial charge in [0.1, 0.15) is 10.8 Å². The minimum atomic E-state index is -0.0845. The van der Waals surface area contributed by atoms with Crippen molar-refractivity contribution in [2.24, 2.45) is 0 Å². The second kappa shape index (κ2) is 8.07. The lowest BCUT2D eigenvalue weighted by molar-refractivity contribution is 0.0954. The maximum Gasteiger partial charge on any atom is 0.252 e. The van der Waals surface area contributed by atoms with Gasteiger partial charge in [0.05, 0.1) is 5.56 Å². The summed E-state index contributed by atoms with van der Waals surface area (Å²) in [6, 6.07) is 7.46. The molecule has 0 spiro atoms. The number of imidazole rings is 1. The zero-order chi connectivity index (χ0) is 16.8. The minimum absolute atomic E-state index is 0.0845. The van der Waals surface area contributed by atoms with E-state index in [1.165, 1.54) is 0 Å². The number of benzene rings is 1. The number of aromatic amines is 1. The number of aryl methyl sites for hydroxylation is 1. The Labute approximate surface area is 148 Å². The average Bonchev–Trinajstić information content (AvgIpc) is 3.26. The van der Waals surface area contributed by atoms with Crippen LogP contribution in [-0.4, -0.2) is 38.4 Å². The molecular weight excluding hydrogens is 342 g/mol.